The summed E-state index contributed by atoms with van der Waals surface area (Å²) in [6, 6.07) is 44.8. The maximum atomic E-state index is 6.81. The number of furan rings is 1. The fourth-order valence-electron chi connectivity index (χ4n) is 8.90. The number of nitrogens with zero attached hydrogens (tertiary/aromatic N) is 2. The highest BCUT2D eigenvalue weighted by Gasteiger charge is 2.28. The van der Waals surface area contributed by atoms with Crippen LogP contribution in [0.3, 0.4) is 0 Å². The van der Waals surface area contributed by atoms with Crippen molar-refractivity contribution >= 4 is 76.7 Å². The standard InChI is InChI=1S/C52H38N4O2/c1-32-14-11-12-25-57-51-39(32)22-13-23-41(51)50(54-52(55-53)33-15-3-2-4-16-33)44-30-38(31-48-49(44)40-21-9-10-24-47(40)58-48)56-45-28-36-19-7-5-17-34(36)26-42(45)43-27-35-18-6-8-20-37(35)29-46(43)56/h2-3,5-15,17-31,50H,1,4,16,53H2,(H,54,55)/b14-11-,25-12-. The van der Waals surface area contributed by atoms with Crippen molar-refractivity contribution in [3.63, 3.8) is 0 Å². The number of nitrogens with two attached hydrogens (primary N) is 1. The molecule has 1 aliphatic carbocycles. The third-order valence-electron chi connectivity index (χ3n) is 11.6. The van der Waals surface area contributed by atoms with Crippen LogP contribution in [0.15, 0.2) is 192 Å². The molecule has 1 aliphatic heterocycles. The number of amidine groups is 1. The van der Waals surface area contributed by atoms with Gasteiger partial charge in [-0.05, 0) is 93.6 Å². The number of hydrazine groups is 1. The van der Waals surface area contributed by atoms with Crippen LogP contribution in [0.25, 0.3) is 76.5 Å². The third kappa shape index (κ3) is 5.49. The van der Waals surface area contributed by atoms with Crippen LogP contribution in [0.2, 0.25) is 0 Å². The molecule has 0 bridgehead atoms. The second-order valence-corrected chi connectivity index (χ2v) is 15.0. The quantitative estimate of drug-likeness (QED) is 0.0795. The predicted octanol–water partition coefficient (Wildman–Crippen LogP) is 12.7. The fraction of sp³-hybridized carbons (Fsp3) is 0.0577. The molecule has 0 saturated heterocycles. The van der Waals surface area contributed by atoms with Crippen LogP contribution >= 0.6 is 0 Å². The van der Waals surface area contributed by atoms with Gasteiger partial charge >= 0.3 is 0 Å². The molecule has 11 rings (SSSR count). The Kier molecular flexibility index (Phi) is 7.98. The van der Waals surface area contributed by atoms with Crippen LogP contribution in [-0.2, 0) is 0 Å². The molecule has 3 N–H and O–H groups in total. The Labute approximate surface area is 334 Å². The third-order valence-corrected chi connectivity index (χ3v) is 11.6. The van der Waals surface area contributed by atoms with Crippen LogP contribution in [0.1, 0.15) is 35.6 Å². The first-order chi connectivity index (χ1) is 28.6. The summed E-state index contributed by atoms with van der Waals surface area (Å²) in [6.07, 6.45) is 15.6. The van der Waals surface area contributed by atoms with E-state index in [4.69, 9.17) is 20.0 Å². The predicted molar refractivity (Wildman–Crippen MR) is 241 cm³/mol. The summed E-state index contributed by atoms with van der Waals surface area (Å²) in [5.74, 6) is 7.70. The van der Waals surface area contributed by atoms with Crippen molar-refractivity contribution in [2.45, 2.75) is 18.9 Å². The van der Waals surface area contributed by atoms with Gasteiger partial charge in [0.2, 0.25) is 0 Å². The summed E-state index contributed by atoms with van der Waals surface area (Å²) in [5.41, 5.74) is 12.3. The Morgan fingerprint density at radius 2 is 1.41 bits per heavy atom. The molecule has 6 nitrogen and oxygen atoms in total. The number of rotatable bonds is 5. The largest absolute Gasteiger partial charge is 0.464 e. The number of allylic oxidation sites excluding steroid dienone is 7. The van der Waals surface area contributed by atoms with E-state index in [1.807, 2.05) is 36.4 Å². The molecule has 9 aromatic rings. The molecule has 2 aromatic heterocycles. The molecule has 278 valence electrons. The Bertz CT molecular complexity index is 3240. The monoisotopic (exact) mass is 750 g/mol. The van der Waals surface area contributed by atoms with E-state index in [1.165, 1.54) is 32.3 Å². The molecule has 0 spiro atoms. The summed E-state index contributed by atoms with van der Waals surface area (Å²) in [4.78, 5) is 5.59. The average Bonchev–Trinajstić information content (AvgIpc) is 3.79. The van der Waals surface area contributed by atoms with Crippen molar-refractivity contribution in [2.24, 2.45) is 10.8 Å². The topological polar surface area (TPSA) is 77.7 Å². The lowest BCUT2D eigenvalue weighted by Crippen LogP contribution is -2.32. The molecule has 7 aromatic carbocycles. The lowest BCUT2D eigenvalue weighted by Gasteiger charge is -2.23. The fourth-order valence-corrected chi connectivity index (χ4v) is 8.90. The Balaban J connectivity index is 1.27. The van der Waals surface area contributed by atoms with E-state index >= 15 is 0 Å². The van der Waals surface area contributed by atoms with E-state index in [0.29, 0.717) is 11.6 Å². The van der Waals surface area contributed by atoms with Gasteiger partial charge in [0, 0.05) is 38.7 Å². The molecule has 0 radical (unpaired) electrons. The molecule has 3 heterocycles. The first-order valence-corrected chi connectivity index (χ1v) is 19.7. The van der Waals surface area contributed by atoms with Gasteiger partial charge in [-0.15, -0.1) is 0 Å². The molecule has 0 amide bonds. The van der Waals surface area contributed by atoms with Crippen LogP contribution in [0, 0.1) is 0 Å². The van der Waals surface area contributed by atoms with E-state index in [1.54, 1.807) is 6.26 Å². The molecule has 6 heteroatoms. The van der Waals surface area contributed by atoms with Gasteiger partial charge in [0.25, 0.3) is 0 Å². The number of hydrogen-bond donors (Lipinski definition) is 2. The van der Waals surface area contributed by atoms with Gasteiger partial charge in [-0.2, -0.15) is 0 Å². The summed E-state index contributed by atoms with van der Waals surface area (Å²) in [5, 5.41) is 9.10. The number of aliphatic imine (C=N–C) groups is 1. The van der Waals surface area contributed by atoms with Crippen molar-refractivity contribution in [1.82, 2.24) is 9.99 Å². The maximum Gasteiger partial charge on any atom is 0.140 e. The lowest BCUT2D eigenvalue weighted by molar-refractivity contribution is 0.470. The van der Waals surface area contributed by atoms with E-state index in [9.17, 15) is 0 Å². The molecule has 1 atom stereocenters. The van der Waals surface area contributed by atoms with Crippen molar-refractivity contribution in [2.75, 3.05) is 0 Å². The molecular weight excluding hydrogens is 713 g/mol. The maximum absolute atomic E-state index is 6.81. The normalized spacial score (nSPS) is 16.1. The molecular formula is C52H38N4O2. The minimum absolute atomic E-state index is 0.587. The zero-order valence-electron chi connectivity index (χ0n) is 31.7. The van der Waals surface area contributed by atoms with Gasteiger partial charge < -0.3 is 19.1 Å². The van der Waals surface area contributed by atoms with Gasteiger partial charge in [0.15, 0.2) is 0 Å². The Hall–Kier alpha value is -7.41. The van der Waals surface area contributed by atoms with Crippen LogP contribution in [-0.4, -0.2) is 10.4 Å². The number of para-hydroxylation sites is 2. The first kappa shape index (κ1) is 33.9. The van der Waals surface area contributed by atoms with Gasteiger partial charge in [-0.1, -0.05) is 122 Å². The van der Waals surface area contributed by atoms with Gasteiger partial charge in [-0.3, -0.25) is 4.99 Å². The van der Waals surface area contributed by atoms with Crippen LogP contribution in [0.5, 0.6) is 5.75 Å². The summed E-state index contributed by atoms with van der Waals surface area (Å²) in [6.45, 7) is 4.41. The molecule has 0 saturated carbocycles. The summed E-state index contributed by atoms with van der Waals surface area (Å²) < 4.78 is 15.7. The average molecular weight is 751 g/mol. The number of aromatic nitrogens is 1. The first-order valence-electron chi connectivity index (χ1n) is 19.7. The minimum atomic E-state index is -0.587. The molecule has 0 fully saturated rings. The molecule has 58 heavy (non-hydrogen) atoms. The van der Waals surface area contributed by atoms with Gasteiger partial charge in [0.05, 0.1) is 23.0 Å². The second-order valence-electron chi connectivity index (χ2n) is 15.0. The lowest BCUT2D eigenvalue weighted by atomic mass is 9.90. The highest BCUT2D eigenvalue weighted by molar-refractivity contribution is 6.17. The summed E-state index contributed by atoms with van der Waals surface area (Å²) in [7, 11) is 0. The minimum Gasteiger partial charge on any atom is -0.464 e. The van der Waals surface area contributed by atoms with E-state index in [2.05, 4.69) is 144 Å². The van der Waals surface area contributed by atoms with Crippen molar-refractivity contribution in [3.8, 4) is 11.4 Å². The van der Waals surface area contributed by atoms with Crippen LogP contribution in [0.4, 0.5) is 0 Å². The second kappa shape index (κ2) is 13.7. The van der Waals surface area contributed by atoms with Gasteiger partial charge in [-0.25, -0.2) is 5.84 Å². The molecule has 2 aliphatic rings. The smallest absolute Gasteiger partial charge is 0.140 e. The van der Waals surface area contributed by atoms with Crippen molar-refractivity contribution in [3.05, 3.63) is 199 Å². The number of ether oxygens (including phenoxy) is 1. The highest BCUT2D eigenvalue weighted by atomic mass is 16.5. The number of hydrogen-bond acceptors (Lipinski definition) is 4. The Morgan fingerprint density at radius 3 is 2.12 bits per heavy atom. The molecule has 1 unspecified atom stereocenters. The van der Waals surface area contributed by atoms with E-state index in [0.717, 1.165) is 79.3 Å². The van der Waals surface area contributed by atoms with Crippen molar-refractivity contribution in [1.29, 1.82) is 0 Å². The number of fused-ring (bicyclic) bond motifs is 9. The van der Waals surface area contributed by atoms with Gasteiger partial charge in [0.1, 0.15) is 28.8 Å². The van der Waals surface area contributed by atoms with Crippen molar-refractivity contribution < 1.29 is 9.15 Å². The SMILES string of the molecule is C=C1/C=C\C=C/Oc2c1cccc2C(N=C(NN)C1=CC=CCC1)c1cc(-n2c3cc4ccccc4cc3c3cc4ccccc4cc32)cc2oc3ccccc3c12. The highest BCUT2D eigenvalue weighted by Crippen LogP contribution is 2.46. The Morgan fingerprint density at radius 1 is 0.707 bits per heavy atom. The number of benzene rings is 7. The zero-order valence-corrected chi connectivity index (χ0v) is 31.7. The zero-order chi connectivity index (χ0) is 38.7. The van der Waals surface area contributed by atoms with E-state index in [-0.39, 0.29) is 0 Å². The van der Waals surface area contributed by atoms with E-state index < -0.39 is 6.04 Å². The number of nitrogens with one attached hydrogen (secondary N) is 1. The van der Waals surface area contributed by atoms with Crippen LogP contribution < -0.4 is 16.0 Å². The summed E-state index contributed by atoms with van der Waals surface area (Å²) >= 11 is 0.